The van der Waals surface area contributed by atoms with E-state index in [-0.39, 0.29) is 62.1 Å². The number of benzene rings is 4. The third kappa shape index (κ3) is 14.2. The number of halogens is 2. The largest absolute Gasteiger partial charge is 0.481 e. The van der Waals surface area contributed by atoms with E-state index in [0.717, 1.165) is 58.3 Å². The SMILES string of the molecule is CCCCNCc1cc(Cl)c(OCc2cccc(-c3cccc(COc4nc(OCc5cc(C#N)cc(C#N)c5)c(CNCCCC(=O)O)cc4Cl)c3C)c2C)nc1OCc1cc(C#N)cc(C#N)c1. The number of aromatic nitrogens is 2. The molecule has 0 fully saturated rings. The summed E-state index contributed by atoms with van der Waals surface area (Å²) in [5.74, 6) is -0.00930. The van der Waals surface area contributed by atoms with E-state index >= 15 is 0 Å². The molecule has 0 bridgehead atoms. The van der Waals surface area contributed by atoms with E-state index < -0.39 is 5.97 Å². The first-order valence-electron chi connectivity index (χ1n) is 22.5. The number of nitrogens with zero attached hydrogens (tertiary/aromatic N) is 6. The molecule has 0 aliphatic rings. The van der Waals surface area contributed by atoms with Gasteiger partial charge in [0.15, 0.2) is 0 Å². The van der Waals surface area contributed by atoms with Crippen molar-refractivity contribution in [1.82, 2.24) is 20.6 Å². The molecule has 2 aromatic heterocycles. The minimum atomic E-state index is -0.881. The van der Waals surface area contributed by atoms with E-state index in [1.54, 1.807) is 36.4 Å². The first-order valence-corrected chi connectivity index (χ1v) is 23.3. The molecule has 6 rings (SSSR count). The van der Waals surface area contributed by atoms with E-state index in [2.05, 4.69) is 46.8 Å². The zero-order valence-corrected chi connectivity index (χ0v) is 40.5. The molecule has 0 radical (unpaired) electrons. The summed E-state index contributed by atoms with van der Waals surface area (Å²) in [5.41, 5.74) is 9.68. The Hall–Kier alpha value is -7.69. The molecule has 0 atom stereocenters. The minimum absolute atomic E-state index is 0.00307. The van der Waals surface area contributed by atoms with E-state index in [0.29, 0.717) is 69.4 Å². The average Bonchev–Trinajstić information content (AvgIpc) is 3.36. The van der Waals surface area contributed by atoms with Crippen LogP contribution in [0.3, 0.4) is 0 Å². The van der Waals surface area contributed by atoms with Crippen molar-refractivity contribution in [1.29, 1.82) is 21.0 Å². The monoisotopic (exact) mass is 976 g/mol. The van der Waals surface area contributed by atoms with E-state index in [1.807, 2.05) is 50.2 Å². The van der Waals surface area contributed by atoms with Gasteiger partial charge in [0.1, 0.15) is 36.5 Å². The number of rotatable bonds is 24. The fourth-order valence-corrected chi connectivity index (χ4v) is 7.93. The highest BCUT2D eigenvalue weighted by Crippen LogP contribution is 2.35. The zero-order chi connectivity index (χ0) is 50.0. The smallest absolute Gasteiger partial charge is 0.303 e. The fourth-order valence-electron chi connectivity index (χ4n) is 7.47. The Balaban J connectivity index is 1.19. The van der Waals surface area contributed by atoms with Crippen molar-refractivity contribution in [3.8, 4) is 58.9 Å². The predicted octanol–water partition coefficient (Wildman–Crippen LogP) is 10.7. The lowest BCUT2D eigenvalue weighted by Crippen LogP contribution is -2.17. The minimum Gasteiger partial charge on any atom is -0.481 e. The lowest BCUT2D eigenvalue weighted by Gasteiger charge is -2.18. The van der Waals surface area contributed by atoms with Crippen LogP contribution in [0.2, 0.25) is 10.0 Å². The number of carbonyl (C=O) groups is 1. The molecule has 0 saturated carbocycles. The summed E-state index contributed by atoms with van der Waals surface area (Å²) in [5, 5.41) is 54.2. The quantitative estimate of drug-likeness (QED) is 0.0481. The molecule has 70 heavy (non-hydrogen) atoms. The Kier molecular flexibility index (Phi) is 18.9. The van der Waals surface area contributed by atoms with Crippen LogP contribution in [-0.4, -0.2) is 34.1 Å². The number of hydrogen-bond acceptors (Lipinski definition) is 13. The molecular formula is C54H50Cl2N8O6. The first kappa shape index (κ1) is 51.7. The van der Waals surface area contributed by atoms with Crippen molar-refractivity contribution in [3.05, 3.63) is 162 Å². The molecule has 6 aromatic rings. The van der Waals surface area contributed by atoms with Gasteiger partial charge in [0.25, 0.3) is 0 Å². The number of carboxylic acid groups (broad SMARTS) is 1. The first-order chi connectivity index (χ1) is 33.9. The Labute approximate surface area is 417 Å². The Morgan fingerprint density at radius 3 is 1.36 bits per heavy atom. The van der Waals surface area contributed by atoms with Gasteiger partial charge in [0.05, 0.1) is 46.5 Å². The van der Waals surface area contributed by atoms with Crippen LogP contribution >= 0.6 is 23.2 Å². The van der Waals surface area contributed by atoms with Crippen LogP contribution in [0, 0.1) is 59.2 Å². The van der Waals surface area contributed by atoms with Gasteiger partial charge in [0.2, 0.25) is 23.5 Å². The molecule has 0 aliphatic heterocycles. The summed E-state index contributed by atoms with van der Waals surface area (Å²) in [6.07, 6.45) is 2.48. The van der Waals surface area contributed by atoms with Crippen molar-refractivity contribution >= 4 is 29.2 Å². The van der Waals surface area contributed by atoms with E-state index in [1.165, 1.54) is 12.1 Å². The molecule has 0 aliphatic carbocycles. The molecule has 14 nitrogen and oxygen atoms in total. The summed E-state index contributed by atoms with van der Waals surface area (Å²) >= 11 is 13.6. The van der Waals surface area contributed by atoms with Gasteiger partial charge in [-0.25, -0.2) is 0 Å². The van der Waals surface area contributed by atoms with Crippen molar-refractivity contribution in [2.45, 2.75) is 86.0 Å². The van der Waals surface area contributed by atoms with Gasteiger partial charge in [-0.1, -0.05) is 72.9 Å². The molecule has 0 amide bonds. The normalized spacial score (nSPS) is 10.6. The number of carboxylic acids is 1. The molecule has 356 valence electrons. The van der Waals surface area contributed by atoms with Crippen LogP contribution in [0.1, 0.15) is 99.4 Å². The van der Waals surface area contributed by atoms with Gasteiger partial charge < -0.3 is 34.7 Å². The Morgan fingerprint density at radius 1 is 0.571 bits per heavy atom. The maximum absolute atomic E-state index is 11.0. The maximum atomic E-state index is 11.0. The Morgan fingerprint density at radius 2 is 0.971 bits per heavy atom. The van der Waals surface area contributed by atoms with Crippen molar-refractivity contribution in [2.75, 3.05) is 13.1 Å². The summed E-state index contributed by atoms with van der Waals surface area (Å²) in [6.45, 7) is 8.50. The van der Waals surface area contributed by atoms with Crippen molar-refractivity contribution in [3.63, 3.8) is 0 Å². The predicted molar refractivity (Wildman–Crippen MR) is 264 cm³/mol. The van der Waals surface area contributed by atoms with Crippen molar-refractivity contribution in [2.24, 2.45) is 0 Å². The van der Waals surface area contributed by atoms with Gasteiger partial charge in [-0.2, -0.15) is 31.0 Å². The second-order valence-electron chi connectivity index (χ2n) is 16.3. The van der Waals surface area contributed by atoms with E-state index in [9.17, 15) is 25.8 Å². The summed E-state index contributed by atoms with van der Waals surface area (Å²) in [4.78, 5) is 20.4. The van der Waals surface area contributed by atoms with E-state index in [4.69, 9.17) is 52.2 Å². The molecule has 4 aromatic carbocycles. The van der Waals surface area contributed by atoms with Crippen molar-refractivity contribution < 1.29 is 28.8 Å². The number of hydrogen-bond donors (Lipinski definition) is 3. The summed E-state index contributed by atoms with van der Waals surface area (Å²) < 4.78 is 25.0. The van der Waals surface area contributed by atoms with Crippen LogP contribution in [-0.2, 0) is 44.3 Å². The van der Waals surface area contributed by atoms with Gasteiger partial charge in [-0.15, -0.1) is 0 Å². The summed E-state index contributed by atoms with van der Waals surface area (Å²) in [7, 11) is 0. The highest BCUT2D eigenvalue weighted by molar-refractivity contribution is 6.32. The van der Waals surface area contributed by atoms with Gasteiger partial charge in [-0.3, -0.25) is 4.79 Å². The van der Waals surface area contributed by atoms with Gasteiger partial charge >= 0.3 is 5.97 Å². The zero-order valence-electron chi connectivity index (χ0n) is 39.0. The topological polar surface area (TPSA) is 219 Å². The molecule has 16 heteroatoms. The summed E-state index contributed by atoms with van der Waals surface area (Å²) in [6, 6.07) is 33.4. The third-order valence-corrected chi connectivity index (χ3v) is 11.8. The van der Waals surface area contributed by atoms with Crippen LogP contribution in [0.15, 0.2) is 84.9 Å². The number of pyridine rings is 2. The van der Waals surface area contributed by atoms with Gasteiger partial charge in [0, 0.05) is 30.6 Å². The fraction of sp³-hybridized carbons (Fsp3) is 0.278. The highest BCUT2D eigenvalue weighted by Gasteiger charge is 2.19. The number of nitriles is 4. The lowest BCUT2D eigenvalue weighted by molar-refractivity contribution is -0.137. The van der Waals surface area contributed by atoms with Crippen LogP contribution in [0.4, 0.5) is 0 Å². The molecule has 0 unspecified atom stereocenters. The van der Waals surface area contributed by atoms with Crippen LogP contribution in [0.5, 0.6) is 23.5 Å². The highest BCUT2D eigenvalue weighted by atomic mass is 35.5. The second-order valence-corrected chi connectivity index (χ2v) is 17.1. The molecule has 2 heterocycles. The molecule has 3 N–H and O–H groups in total. The number of nitrogens with one attached hydrogen (secondary N) is 2. The Bertz CT molecular complexity index is 2960. The molecule has 0 saturated heterocycles. The number of aliphatic carboxylic acids is 1. The molecule has 0 spiro atoms. The average molecular weight is 978 g/mol. The second kappa shape index (κ2) is 25.6. The number of unbranched alkanes of at least 4 members (excludes halogenated alkanes) is 1. The molecular weight excluding hydrogens is 928 g/mol. The van der Waals surface area contributed by atoms with Crippen LogP contribution < -0.4 is 29.6 Å². The third-order valence-electron chi connectivity index (χ3n) is 11.2. The maximum Gasteiger partial charge on any atom is 0.303 e. The van der Waals surface area contributed by atoms with Crippen LogP contribution in [0.25, 0.3) is 11.1 Å². The lowest BCUT2D eigenvalue weighted by atomic mass is 9.92. The van der Waals surface area contributed by atoms with Gasteiger partial charge in [-0.05, 0) is 133 Å². The standard InChI is InChI=1S/C54H50Cl2N8O6/c1-4-5-14-61-28-44-22-48(55)53(63-51(44)67-30-40-18-36(24-57)16-37(19-40)25-58)69-32-42-9-6-11-46(34(42)2)47-12-7-10-43(35(47)3)33-70-54-49(56)23-45(29-62-15-8-13-50(65)66)52(64-54)68-31-41-20-38(26-59)17-39(21-41)27-60/h6-7,9-12,16-23,61-62H,4-5,8,13-15,28-33H2,1-3H3,(H,65,66). The number of ether oxygens (including phenoxy) is 4.